The van der Waals surface area contributed by atoms with Gasteiger partial charge < -0.3 is 4.74 Å². The predicted octanol–water partition coefficient (Wildman–Crippen LogP) is 1.13. The van der Waals surface area contributed by atoms with Crippen LogP contribution in [-0.4, -0.2) is 18.1 Å². The van der Waals surface area contributed by atoms with Gasteiger partial charge in [0.2, 0.25) is 0 Å². The predicted molar refractivity (Wildman–Crippen MR) is 37.3 cm³/mol. The van der Waals surface area contributed by atoms with E-state index in [1.54, 1.807) is 6.07 Å². The van der Waals surface area contributed by atoms with Gasteiger partial charge in [0, 0.05) is 10.7 Å². The monoisotopic (exact) mass is 171 g/mol. The Balaban J connectivity index is 3.04. The number of carbonyl (C=O) groups is 1. The van der Waals surface area contributed by atoms with Crippen LogP contribution in [0.3, 0.4) is 0 Å². The van der Waals surface area contributed by atoms with E-state index >= 15 is 0 Å². The second kappa shape index (κ2) is 3.66. The molecular weight excluding hydrogens is 165 g/mol. The van der Waals surface area contributed by atoms with Crippen molar-refractivity contribution in [3.05, 3.63) is 24.0 Å². The van der Waals surface area contributed by atoms with E-state index in [9.17, 15) is 9.32 Å². The van der Waals surface area contributed by atoms with Crippen molar-refractivity contribution in [3.63, 3.8) is 0 Å². The lowest BCUT2D eigenvalue weighted by Crippen LogP contribution is -2.04. The third kappa shape index (κ3) is 1.50. The highest BCUT2D eigenvalue weighted by Crippen LogP contribution is 2.15. The first-order valence-corrected chi connectivity index (χ1v) is 3.11. The molecular formula is C7H6FNO3. The molecule has 4 nitrogen and oxygen atoms in total. The van der Waals surface area contributed by atoms with E-state index in [1.807, 2.05) is 0 Å². The van der Waals surface area contributed by atoms with Crippen LogP contribution in [0.2, 0.25) is 0 Å². The maximum absolute atomic E-state index is 11.4. The Kier molecular flexibility index (Phi) is 2.57. The van der Waals surface area contributed by atoms with E-state index in [1.165, 1.54) is 19.4 Å². The van der Waals surface area contributed by atoms with Gasteiger partial charge in [-0.25, -0.2) is 14.7 Å². The fourth-order valence-corrected chi connectivity index (χ4v) is 0.745. The van der Waals surface area contributed by atoms with Crippen LogP contribution in [0.25, 0.3) is 0 Å². The van der Waals surface area contributed by atoms with E-state index in [4.69, 9.17) is 4.74 Å². The second-order valence-corrected chi connectivity index (χ2v) is 1.92. The number of nitrogens with zero attached hydrogens (tertiary/aromatic N) is 1. The van der Waals surface area contributed by atoms with Crippen molar-refractivity contribution in [1.82, 2.24) is 4.98 Å². The quantitative estimate of drug-likeness (QED) is 0.669. The summed E-state index contributed by atoms with van der Waals surface area (Å²) in [5.41, 5.74) is -0.178. The molecule has 0 saturated carbocycles. The molecule has 1 heterocycles. The lowest BCUT2D eigenvalue weighted by molar-refractivity contribution is -0.0795. The van der Waals surface area contributed by atoms with E-state index in [0.29, 0.717) is 0 Å². The van der Waals surface area contributed by atoms with Crippen molar-refractivity contribution in [3.8, 4) is 5.75 Å². The molecule has 64 valence electrons. The van der Waals surface area contributed by atoms with Crippen LogP contribution < -0.4 is 4.74 Å². The maximum Gasteiger partial charge on any atom is 0.401 e. The van der Waals surface area contributed by atoms with Crippen molar-refractivity contribution >= 4 is 5.97 Å². The van der Waals surface area contributed by atoms with Crippen LogP contribution in [0.15, 0.2) is 18.3 Å². The van der Waals surface area contributed by atoms with Crippen LogP contribution >= 0.6 is 0 Å². The summed E-state index contributed by atoms with van der Waals surface area (Å²) in [6, 6.07) is 3.05. The largest absolute Gasteiger partial charge is 0.494 e. The van der Waals surface area contributed by atoms with E-state index in [2.05, 4.69) is 9.93 Å². The van der Waals surface area contributed by atoms with E-state index < -0.39 is 5.97 Å². The van der Waals surface area contributed by atoms with Gasteiger partial charge in [0.05, 0.1) is 7.11 Å². The first-order valence-electron chi connectivity index (χ1n) is 3.11. The number of hydrogen-bond acceptors (Lipinski definition) is 4. The Bertz CT molecular complexity index is 290. The number of halogens is 1. The normalized spacial score (nSPS) is 9.17. The molecule has 0 radical (unpaired) electrons. The summed E-state index contributed by atoms with van der Waals surface area (Å²) in [4.78, 5) is 17.2. The Morgan fingerprint density at radius 3 is 3.00 bits per heavy atom. The number of rotatable bonds is 2. The number of ether oxygens (including phenoxy) is 1. The zero-order chi connectivity index (χ0) is 8.97. The van der Waals surface area contributed by atoms with Crippen LogP contribution in [0, 0.1) is 0 Å². The van der Waals surface area contributed by atoms with Gasteiger partial charge in [0.25, 0.3) is 0 Å². The van der Waals surface area contributed by atoms with Crippen LogP contribution in [0.5, 0.6) is 5.75 Å². The molecule has 0 amide bonds. The Morgan fingerprint density at radius 2 is 2.42 bits per heavy atom. The van der Waals surface area contributed by atoms with Gasteiger partial charge in [-0.2, -0.15) is 0 Å². The molecule has 0 bridgehead atoms. The summed E-state index contributed by atoms with van der Waals surface area (Å²) in [6.07, 6.45) is 1.34. The number of pyridine rings is 1. The highest BCUT2D eigenvalue weighted by Gasteiger charge is 2.14. The third-order valence-electron chi connectivity index (χ3n) is 1.25. The minimum absolute atomic E-state index is 0.178. The molecule has 0 atom stereocenters. The number of methoxy groups -OCH3 is 1. The average molecular weight is 171 g/mol. The Labute approximate surface area is 67.8 Å². The van der Waals surface area contributed by atoms with E-state index in [0.717, 1.165) is 0 Å². The molecule has 12 heavy (non-hydrogen) atoms. The standard InChI is InChI=1S/C7H6FNO3/c1-11-5-3-2-4-9-6(5)7(10)12-8/h2-4H,1H3. The first-order chi connectivity index (χ1) is 5.79. The molecule has 0 aliphatic rings. The minimum Gasteiger partial charge on any atom is -0.494 e. The summed E-state index contributed by atoms with van der Waals surface area (Å²) >= 11 is 0. The molecule has 0 aliphatic carbocycles. The van der Waals surface area contributed by atoms with Gasteiger partial charge in [-0.05, 0) is 12.1 Å². The fraction of sp³-hybridized carbons (Fsp3) is 0.143. The SMILES string of the molecule is COc1cccnc1C(=O)OF. The van der Waals surface area contributed by atoms with Crippen molar-refractivity contribution in [2.24, 2.45) is 0 Å². The molecule has 0 unspecified atom stereocenters. The zero-order valence-corrected chi connectivity index (χ0v) is 6.28. The third-order valence-corrected chi connectivity index (χ3v) is 1.25. The summed E-state index contributed by atoms with van der Waals surface area (Å²) in [6.45, 7) is 0. The number of hydrogen-bond donors (Lipinski definition) is 0. The average Bonchev–Trinajstić information content (AvgIpc) is 2.16. The molecule has 0 fully saturated rings. The fourth-order valence-electron chi connectivity index (χ4n) is 0.745. The molecule has 0 N–H and O–H groups in total. The molecule has 0 aliphatic heterocycles. The van der Waals surface area contributed by atoms with Crippen LogP contribution in [0.1, 0.15) is 10.5 Å². The van der Waals surface area contributed by atoms with Crippen molar-refractivity contribution in [1.29, 1.82) is 0 Å². The van der Waals surface area contributed by atoms with Gasteiger partial charge in [0.1, 0.15) is 0 Å². The summed E-state index contributed by atoms with van der Waals surface area (Å²) in [7, 11) is 1.35. The van der Waals surface area contributed by atoms with E-state index in [-0.39, 0.29) is 11.4 Å². The van der Waals surface area contributed by atoms with Gasteiger partial charge >= 0.3 is 5.97 Å². The molecule has 5 heteroatoms. The molecule has 1 aromatic rings. The Hall–Kier alpha value is -1.65. The highest BCUT2D eigenvalue weighted by atomic mass is 19.3. The van der Waals surface area contributed by atoms with Crippen molar-refractivity contribution in [2.75, 3.05) is 7.11 Å². The van der Waals surface area contributed by atoms with Crippen LogP contribution in [0.4, 0.5) is 4.53 Å². The minimum atomic E-state index is -1.16. The second-order valence-electron chi connectivity index (χ2n) is 1.92. The molecule has 1 aromatic heterocycles. The lowest BCUT2D eigenvalue weighted by atomic mass is 10.3. The lowest BCUT2D eigenvalue weighted by Gasteiger charge is -2.01. The summed E-state index contributed by atoms with van der Waals surface area (Å²) < 4.78 is 16.2. The Morgan fingerprint density at radius 1 is 1.67 bits per heavy atom. The van der Waals surface area contributed by atoms with Crippen molar-refractivity contribution in [2.45, 2.75) is 0 Å². The number of carbonyl (C=O) groups excluding carboxylic acids is 1. The van der Waals surface area contributed by atoms with Gasteiger partial charge in [-0.1, -0.05) is 0 Å². The molecule has 0 spiro atoms. The highest BCUT2D eigenvalue weighted by molar-refractivity contribution is 5.89. The zero-order valence-electron chi connectivity index (χ0n) is 6.28. The van der Waals surface area contributed by atoms with Gasteiger partial charge in [0.15, 0.2) is 11.4 Å². The van der Waals surface area contributed by atoms with Crippen molar-refractivity contribution < 1.29 is 19.0 Å². The van der Waals surface area contributed by atoms with Crippen LogP contribution in [-0.2, 0) is 4.94 Å². The smallest absolute Gasteiger partial charge is 0.401 e. The topological polar surface area (TPSA) is 48.4 Å². The first kappa shape index (κ1) is 8.45. The maximum atomic E-state index is 11.4. The molecule has 0 saturated heterocycles. The summed E-state index contributed by atoms with van der Waals surface area (Å²) in [5.74, 6) is -0.979. The van der Waals surface area contributed by atoms with Gasteiger partial charge in [-0.15, -0.1) is 0 Å². The summed E-state index contributed by atoms with van der Waals surface area (Å²) in [5, 5.41) is 0. The van der Waals surface area contributed by atoms with Gasteiger partial charge in [-0.3, -0.25) is 0 Å². The molecule has 1 rings (SSSR count). The molecule has 0 aromatic carbocycles. The number of aromatic nitrogens is 1.